The summed E-state index contributed by atoms with van der Waals surface area (Å²) in [5.74, 6) is -0.0448. The maximum Gasteiger partial charge on any atom is 0.416 e. The zero-order valence-corrected chi connectivity index (χ0v) is 16.8. The molecule has 0 radical (unpaired) electrons. The zero-order valence-electron chi connectivity index (χ0n) is 16.8. The number of rotatable bonds is 6. The van der Waals surface area contributed by atoms with Crippen molar-refractivity contribution in [1.82, 2.24) is 9.80 Å². The van der Waals surface area contributed by atoms with Crippen LogP contribution < -0.4 is 5.73 Å². The van der Waals surface area contributed by atoms with Crippen molar-refractivity contribution >= 4 is 0 Å². The van der Waals surface area contributed by atoms with Crippen LogP contribution in [-0.4, -0.2) is 61.9 Å². The van der Waals surface area contributed by atoms with Crippen molar-refractivity contribution in [3.8, 4) is 0 Å². The predicted octanol–water partition coefficient (Wildman–Crippen LogP) is 3.67. The molecule has 158 valence electrons. The Morgan fingerprint density at radius 2 is 1.79 bits per heavy atom. The van der Waals surface area contributed by atoms with Crippen LogP contribution in [0.2, 0.25) is 0 Å². The minimum Gasteiger partial charge on any atom is -0.377 e. The fraction of sp³-hybridized carbons (Fsp3) is 0.714. The Hall–Kier alpha value is -1.15. The Labute approximate surface area is 165 Å². The van der Waals surface area contributed by atoms with Gasteiger partial charge in [0.1, 0.15) is 0 Å². The van der Waals surface area contributed by atoms with Crippen molar-refractivity contribution < 1.29 is 17.9 Å². The van der Waals surface area contributed by atoms with E-state index in [2.05, 4.69) is 9.80 Å². The predicted molar refractivity (Wildman–Crippen MR) is 104 cm³/mol. The normalized spacial score (nSPS) is 29.5. The van der Waals surface area contributed by atoms with Gasteiger partial charge in [-0.25, -0.2) is 0 Å². The molecule has 7 heteroatoms. The first kappa shape index (κ1) is 21.6. The van der Waals surface area contributed by atoms with Crippen LogP contribution in [0.1, 0.15) is 49.1 Å². The van der Waals surface area contributed by atoms with Gasteiger partial charge in [-0.2, -0.15) is 13.2 Å². The molecule has 1 heterocycles. The molecule has 28 heavy (non-hydrogen) atoms. The number of ether oxygens (including phenoxy) is 1. The van der Waals surface area contributed by atoms with Gasteiger partial charge < -0.3 is 10.5 Å². The highest BCUT2D eigenvalue weighted by Crippen LogP contribution is 2.41. The standard InChI is InChI=1S/C21H32F3N3O/c1-26(2)14-27-12-11-19(25)20(27)13-28-16-9-7-15(8-10-16)17-5-3-4-6-18(17)21(22,23)24/h3-6,15-16,19-20H,7-14,25H2,1-2H3. The third-order valence-corrected chi connectivity index (χ3v) is 6.06. The topological polar surface area (TPSA) is 41.7 Å². The lowest BCUT2D eigenvalue weighted by molar-refractivity contribution is -0.138. The highest BCUT2D eigenvalue weighted by Gasteiger charge is 2.37. The van der Waals surface area contributed by atoms with Crippen molar-refractivity contribution in [2.75, 3.05) is 33.9 Å². The molecule has 0 amide bonds. The van der Waals surface area contributed by atoms with Gasteiger partial charge in [0.25, 0.3) is 0 Å². The molecule has 2 unspecified atom stereocenters. The van der Waals surface area contributed by atoms with Crippen LogP contribution in [0.5, 0.6) is 0 Å². The van der Waals surface area contributed by atoms with Gasteiger partial charge in [0.05, 0.1) is 24.9 Å². The summed E-state index contributed by atoms with van der Waals surface area (Å²) in [7, 11) is 4.09. The van der Waals surface area contributed by atoms with Crippen LogP contribution >= 0.6 is 0 Å². The Kier molecular flexibility index (Phi) is 7.02. The molecule has 2 aliphatic rings. The summed E-state index contributed by atoms with van der Waals surface area (Å²) in [6.07, 6.45) is -0.144. The minimum atomic E-state index is -4.29. The summed E-state index contributed by atoms with van der Waals surface area (Å²) in [6.45, 7) is 2.44. The van der Waals surface area contributed by atoms with Crippen LogP contribution in [0.15, 0.2) is 24.3 Å². The summed E-state index contributed by atoms with van der Waals surface area (Å²) in [5.41, 5.74) is 6.21. The number of hydrogen-bond donors (Lipinski definition) is 1. The van der Waals surface area contributed by atoms with Gasteiger partial charge in [-0.15, -0.1) is 0 Å². The molecular formula is C21H32F3N3O. The second-order valence-electron chi connectivity index (χ2n) is 8.45. The molecule has 1 saturated heterocycles. The lowest BCUT2D eigenvalue weighted by Crippen LogP contribution is -2.46. The van der Waals surface area contributed by atoms with E-state index in [9.17, 15) is 13.2 Å². The van der Waals surface area contributed by atoms with Crippen LogP contribution in [0.4, 0.5) is 13.2 Å². The van der Waals surface area contributed by atoms with Crippen LogP contribution in [0, 0.1) is 0 Å². The first-order valence-electron chi connectivity index (χ1n) is 10.2. The molecule has 0 aromatic heterocycles. The van der Waals surface area contributed by atoms with E-state index in [0.717, 1.165) is 45.3 Å². The fourth-order valence-corrected chi connectivity index (χ4v) is 4.60. The van der Waals surface area contributed by atoms with Gasteiger partial charge in [0.15, 0.2) is 0 Å². The second-order valence-corrected chi connectivity index (χ2v) is 8.45. The number of benzene rings is 1. The third kappa shape index (κ3) is 5.26. The molecule has 1 aromatic rings. The summed E-state index contributed by atoms with van der Waals surface area (Å²) in [4.78, 5) is 4.49. The molecule has 4 nitrogen and oxygen atoms in total. The highest BCUT2D eigenvalue weighted by molar-refractivity contribution is 5.33. The Bertz CT molecular complexity index is 630. The van der Waals surface area contributed by atoms with E-state index < -0.39 is 11.7 Å². The minimum absolute atomic E-state index is 0.0448. The van der Waals surface area contributed by atoms with Gasteiger partial charge in [-0.1, -0.05) is 18.2 Å². The molecule has 2 N–H and O–H groups in total. The van der Waals surface area contributed by atoms with E-state index >= 15 is 0 Å². The smallest absolute Gasteiger partial charge is 0.377 e. The van der Waals surface area contributed by atoms with Crippen LogP contribution in [-0.2, 0) is 10.9 Å². The lowest BCUT2D eigenvalue weighted by Gasteiger charge is -2.33. The monoisotopic (exact) mass is 399 g/mol. The molecule has 3 rings (SSSR count). The molecule has 0 bridgehead atoms. The molecule has 1 aliphatic carbocycles. The average Bonchev–Trinajstić information content (AvgIpc) is 2.98. The molecular weight excluding hydrogens is 367 g/mol. The quantitative estimate of drug-likeness (QED) is 0.793. The average molecular weight is 400 g/mol. The van der Waals surface area contributed by atoms with Gasteiger partial charge in [-0.3, -0.25) is 9.80 Å². The van der Waals surface area contributed by atoms with Gasteiger partial charge >= 0.3 is 6.18 Å². The lowest BCUT2D eigenvalue weighted by atomic mass is 9.81. The number of alkyl halides is 3. The van der Waals surface area contributed by atoms with Gasteiger partial charge in [0.2, 0.25) is 0 Å². The molecule has 0 spiro atoms. The van der Waals surface area contributed by atoms with Crippen molar-refractivity contribution in [1.29, 1.82) is 0 Å². The molecule has 1 aliphatic heterocycles. The molecule has 1 aromatic carbocycles. The largest absolute Gasteiger partial charge is 0.416 e. The molecule has 2 atom stereocenters. The van der Waals surface area contributed by atoms with E-state index in [4.69, 9.17) is 10.5 Å². The Balaban J connectivity index is 1.52. The molecule has 2 fully saturated rings. The number of nitrogens with two attached hydrogens (primary N) is 1. The van der Waals surface area contributed by atoms with Crippen LogP contribution in [0.3, 0.4) is 0 Å². The Morgan fingerprint density at radius 3 is 2.43 bits per heavy atom. The fourth-order valence-electron chi connectivity index (χ4n) is 4.60. The highest BCUT2D eigenvalue weighted by atomic mass is 19.4. The number of halogens is 3. The maximum absolute atomic E-state index is 13.3. The summed E-state index contributed by atoms with van der Waals surface area (Å²) < 4.78 is 46.0. The van der Waals surface area contributed by atoms with Crippen molar-refractivity contribution in [2.45, 2.75) is 62.4 Å². The number of hydrogen-bond acceptors (Lipinski definition) is 4. The van der Waals surface area contributed by atoms with E-state index in [-0.39, 0.29) is 24.1 Å². The number of nitrogens with zero attached hydrogens (tertiary/aromatic N) is 2. The maximum atomic E-state index is 13.3. The summed E-state index contributed by atoms with van der Waals surface area (Å²) in [5, 5.41) is 0. The van der Waals surface area contributed by atoms with E-state index in [1.54, 1.807) is 12.1 Å². The zero-order chi connectivity index (χ0) is 20.3. The number of likely N-dealkylation sites (tertiary alicyclic amines) is 1. The van der Waals surface area contributed by atoms with Crippen molar-refractivity contribution in [2.24, 2.45) is 5.73 Å². The second kappa shape index (κ2) is 9.11. The van der Waals surface area contributed by atoms with Crippen molar-refractivity contribution in [3.05, 3.63) is 35.4 Å². The van der Waals surface area contributed by atoms with E-state index in [0.29, 0.717) is 12.2 Å². The molecule has 1 saturated carbocycles. The van der Waals surface area contributed by atoms with Gasteiger partial charge in [0, 0.05) is 18.6 Å². The Morgan fingerprint density at radius 1 is 1.11 bits per heavy atom. The van der Waals surface area contributed by atoms with E-state index in [1.807, 2.05) is 14.1 Å². The SMILES string of the molecule is CN(C)CN1CCC(N)C1COC1CCC(c2ccccc2C(F)(F)F)CC1. The van der Waals surface area contributed by atoms with Gasteiger partial charge in [-0.05, 0) is 63.7 Å². The van der Waals surface area contributed by atoms with Crippen molar-refractivity contribution in [3.63, 3.8) is 0 Å². The van der Waals surface area contributed by atoms with E-state index in [1.165, 1.54) is 12.1 Å². The summed E-state index contributed by atoms with van der Waals surface area (Å²) in [6, 6.07) is 6.32. The first-order valence-corrected chi connectivity index (χ1v) is 10.2. The summed E-state index contributed by atoms with van der Waals surface area (Å²) >= 11 is 0. The first-order chi connectivity index (χ1) is 13.3. The third-order valence-electron chi connectivity index (χ3n) is 6.06. The van der Waals surface area contributed by atoms with Crippen LogP contribution in [0.25, 0.3) is 0 Å².